The maximum absolute atomic E-state index is 4.27. The van der Waals surface area contributed by atoms with Gasteiger partial charge < -0.3 is 5.32 Å². The van der Waals surface area contributed by atoms with Crippen molar-refractivity contribution in [3.63, 3.8) is 0 Å². The van der Waals surface area contributed by atoms with E-state index in [0.717, 1.165) is 32.7 Å². The topological polar surface area (TPSA) is 28.2 Å². The highest BCUT2D eigenvalue weighted by molar-refractivity contribution is 7.09. The van der Waals surface area contributed by atoms with Gasteiger partial charge in [0.2, 0.25) is 0 Å². The molecule has 74 valence electrons. The van der Waals surface area contributed by atoms with Crippen LogP contribution in [0.5, 0.6) is 0 Å². The molecule has 1 N–H and O–H groups in total. The first-order valence-corrected chi connectivity index (χ1v) is 5.14. The Morgan fingerprint density at radius 1 is 1.46 bits per heavy atom. The van der Waals surface area contributed by atoms with Crippen molar-refractivity contribution in [2.45, 2.75) is 6.54 Å². The van der Waals surface area contributed by atoms with Crippen LogP contribution in [-0.2, 0) is 6.54 Å². The Morgan fingerprint density at radius 2 is 2.23 bits per heavy atom. The van der Waals surface area contributed by atoms with Crippen molar-refractivity contribution in [1.82, 2.24) is 15.2 Å². The summed E-state index contributed by atoms with van der Waals surface area (Å²) in [6.45, 7) is 5.56. The summed E-state index contributed by atoms with van der Waals surface area (Å²) in [7, 11) is 0. The van der Waals surface area contributed by atoms with Crippen LogP contribution in [0.2, 0.25) is 0 Å². The molecule has 13 heavy (non-hydrogen) atoms. The maximum Gasteiger partial charge on any atom is 0.107 e. The molecule has 3 nitrogen and oxygen atoms in total. The molecular formula is C8H14ClN3S. The third-order valence-corrected chi connectivity index (χ3v) is 2.82. The van der Waals surface area contributed by atoms with Crippen molar-refractivity contribution >= 4 is 23.7 Å². The van der Waals surface area contributed by atoms with Crippen LogP contribution in [0.15, 0.2) is 11.6 Å². The lowest BCUT2D eigenvalue weighted by Gasteiger charge is -2.25. The molecule has 0 spiro atoms. The standard InChI is InChI=1S/C8H13N3S.ClH/c1-4-11(5-2-9-1)7-8-10-3-6-12-8;/h3,6,9H,1-2,4-5,7H2;1H. The Hall–Kier alpha value is -0.160. The zero-order valence-electron chi connectivity index (χ0n) is 7.40. The van der Waals surface area contributed by atoms with E-state index in [9.17, 15) is 0 Å². The fourth-order valence-electron chi connectivity index (χ4n) is 1.39. The van der Waals surface area contributed by atoms with Gasteiger partial charge in [0.05, 0.1) is 6.54 Å². The second kappa shape index (κ2) is 5.54. The summed E-state index contributed by atoms with van der Waals surface area (Å²) >= 11 is 1.74. The van der Waals surface area contributed by atoms with Crippen molar-refractivity contribution < 1.29 is 0 Å². The SMILES string of the molecule is Cl.c1csc(CN2CCNCC2)n1. The van der Waals surface area contributed by atoms with E-state index in [1.54, 1.807) is 11.3 Å². The van der Waals surface area contributed by atoms with Crippen LogP contribution in [0.3, 0.4) is 0 Å². The zero-order chi connectivity index (χ0) is 8.23. The molecule has 0 bridgehead atoms. The molecule has 0 amide bonds. The molecule has 5 heteroatoms. The van der Waals surface area contributed by atoms with Gasteiger partial charge in [0.1, 0.15) is 5.01 Å². The Labute approximate surface area is 88.6 Å². The van der Waals surface area contributed by atoms with Gasteiger partial charge in [-0.3, -0.25) is 4.90 Å². The molecule has 1 saturated heterocycles. The predicted octanol–water partition coefficient (Wildman–Crippen LogP) is 0.970. The van der Waals surface area contributed by atoms with Crippen molar-refractivity contribution in [3.05, 3.63) is 16.6 Å². The lowest BCUT2D eigenvalue weighted by atomic mass is 10.4. The summed E-state index contributed by atoms with van der Waals surface area (Å²) in [4.78, 5) is 6.71. The van der Waals surface area contributed by atoms with Crippen LogP contribution in [0.25, 0.3) is 0 Å². The largest absolute Gasteiger partial charge is 0.314 e. The van der Waals surface area contributed by atoms with E-state index in [-0.39, 0.29) is 12.4 Å². The molecule has 0 aromatic carbocycles. The Balaban J connectivity index is 0.000000845. The summed E-state index contributed by atoms with van der Waals surface area (Å²) in [5, 5.41) is 6.61. The van der Waals surface area contributed by atoms with Crippen molar-refractivity contribution in [1.29, 1.82) is 0 Å². The van der Waals surface area contributed by atoms with Crippen LogP contribution in [0.1, 0.15) is 5.01 Å². The van der Waals surface area contributed by atoms with E-state index in [0.29, 0.717) is 0 Å². The van der Waals surface area contributed by atoms with Crippen molar-refractivity contribution in [2.75, 3.05) is 26.2 Å². The Kier molecular flexibility index (Phi) is 4.66. The normalized spacial score (nSPS) is 18.2. The molecule has 1 aliphatic rings. The Bertz CT molecular complexity index is 221. The van der Waals surface area contributed by atoms with Gasteiger partial charge in [-0.05, 0) is 0 Å². The molecule has 0 atom stereocenters. The molecule has 0 radical (unpaired) electrons. The van der Waals surface area contributed by atoms with Crippen LogP contribution < -0.4 is 5.32 Å². The highest BCUT2D eigenvalue weighted by atomic mass is 35.5. The van der Waals surface area contributed by atoms with E-state index in [1.165, 1.54) is 5.01 Å². The van der Waals surface area contributed by atoms with E-state index in [2.05, 4.69) is 15.2 Å². The van der Waals surface area contributed by atoms with Gasteiger partial charge >= 0.3 is 0 Å². The summed E-state index contributed by atoms with van der Waals surface area (Å²) < 4.78 is 0. The molecular weight excluding hydrogens is 206 g/mol. The summed E-state index contributed by atoms with van der Waals surface area (Å²) in [5.41, 5.74) is 0. The fraction of sp³-hybridized carbons (Fsp3) is 0.625. The number of piperazine rings is 1. The number of nitrogens with one attached hydrogen (secondary N) is 1. The van der Waals surface area contributed by atoms with Gasteiger partial charge in [0, 0.05) is 37.8 Å². The minimum absolute atomic E-state index is 0. The summed E-state index contributed by atoms with van der Waals surface area (Å²) in [6.07, 6.45) is 1.88. The highest BCUT2D eigenvalue weighted by Gasteiger charge is 2.10. The molecule has 1 fully saturated rings. The van der Waals surface area contributed by atoms with Crippen LogP contribution >= 0.6 is 23.7 Å². The predicted molar refractivity (Wildman–Crippen MR) is 57.5 cm³/mol. The van der Waals surface area contributed by atoms with Gasteiger partial charge in [0.25, 0.3) is 0 Å². The van der Waals surface area contributed by atoms with Gasteiger partial charge in [0.15, 0.2) is 0 Å². The highest BCUT2D eigenvalue weighted by Crippen LogP contribution is 2.07. The fourth-order valence-corrected chi connectivity index (χ4v) is 2.05. The molecule has 0 aliphatic carbocycles. The van der Waals surface area contributed by atoms with E-state index < -0.39 is 0 Å². The van der Waals surface area contributed by atoms with Gasteiger partial charge in [-0.1, -0.05) is 0 Å². The van der Waals surface area contributed by atoms with Gasteiger partial charge in [-0.2, -0.15) is 0 Å². The quantitative estimate of drug-likeness (QED) is 0.804. The van der Waals surface area contributed by atoms with E-state index >= 15 is 0 Å². The molecule has 1 aromatic heterocycles. The molecule has 0 unspecified atom stereocenters. The molecule has 1 aromatic rings. The van der Waals surface area contributed by atoms with Gasteiger partial charge in [-0.25, -0.2) is 4.98 Å². The number of halogens is 1. The maximum atomic E-state index is 4.27. The lowest BCUT2D eigenvalue weighted by Crippen LogP contribution is -2.42. The van der Waals surface area contributed by atoms with Crippen molar-refractivity contribution in [3.8, 4) is 0 Å². The number of hydrogen-bond donors (Lipinski definition) is 1. The average Bonchev–Trinajstić information content (AvgIpc) is 2.59. The first-order valence-electron chi connectivity index (χ1n) is 4.26. The smallest absolute Gasteiger partial charge is 0.107 e. The van der Waals surface area contributed by atoms with Crippen LogP contribution in [0.4, 0.5) is 0 Å². The summed E-state index contributed by atoms with van der Waals surface area (Å²) in [5.74, 6) is 0. The Morgan fingerprint density at radius 3 is 2.85 bits per heavy atom. The third kappa shape index (κ3) is 3.23. The number of hydrogen-bond acceptors (Lipinski definition) is 4. The van der Waals surface area contributed by atoms with Gasteiger partial charge in [-0.15, -0.1) is 23.7 Å². The second-order valence-corrected chi connectivity index (χ2v) is 3.93. The van der Waals surface area contributed by atoms with E-state index in [1.807, 2.05) is 11.6 Å². The minimum Gasteiger partial charge on any atom is -0.314 e. The minimum atomic E-state index is 0. The number of nitrogens with zero attached hydrogens (tertiary/aromatic N) is 2. The number of rotatable bonds is 2. The second-order valence-electron chi connectivity index (χ2n) is 2.95. The zero-order valence-corrected chi connectivity index (χ0v) is 9.03. The van der Waals surface area contributed by atoms with Crippen molar-refractivity contribution in [2.24, 2.45) is 0 Å². The molecule has 2 heterocycles. The molecule has 1 aliphatic heterocycles. The average molecular weight is 220 g/mol. The van der Waals surface area contributed by atoms with Crippen LogP contribution in [0, 0.1) is 0 Å². The summed E-state index contributed by atoms with van der Waals surface area (Å²) in [6, 6.07) is 0. The number of aromatic nitrogens is 1. The third-order valence-electron chi connectivity index (χ3n) is 2.05. The number of thiazole rings is 1. The monoisotopic (exact) mass is 219 g/mol. The lowest BCUT2D eigenvalue weighted by molar-refractivity contribution is 0.233. The first-order chi connectivity index (χ1) is 5.95. The van der Waals surface area contributed by atoms with E-state index in [4.69, 9.17) is 0 Å². The molecule has 2 rings (SSSR count). The first kappa shape index (κ1) is 10.9. The van der Waals surface area contributed by atoms with Crippen LogP contribution in [-0.4, -0.2) is 36.1 Å². The molecule has 0 saturated carbocycles.